The largest absolute Gasteiger partial charge is 0.574 e. The summed E-state index contributed by atoms with van der Waals surface area (Å²) >= 11 is 0. The molecule has 2 N–H and O–H groups in total. The number of likely N-dealkylation sites (tertiary alicyclic amines) is 1. The lowest BCUT2D eigenvalue weighted by Crippen LogP contribution is -2.40. The molecule has 8 nitrogen and oxygen atoms in total. The van der Waals surface area contributed by atoms with E-state index < -0.39 is 24.0 Å². The molecule has 38 heavy (non-hydrogen) atoms. The number of nitrogens with zero attached hydrogens (tertiary/aromatic N) is 5. The Bertz CT molecular complexity index is 1280. The maximum Gasteiger partial charge on any atom is 0.574 e. The van der Waals surface area contributed by atoms with E-state index in [0.29, 0.717) is 43.3 Å². The molecule has 1 fully saturated rings. The van der Waals surface area contributed by atoms with Crippen molar-refractivity contribution in [3.8, 4) is 17.3 Å². The maximum atomic E-state index is 14.3. The van der Waals surface area contributed by atoms with Crippen LogP contribution in [-0.2, 0) is 11.2 Å². The molecular formula is C26H28F4N6O2. The number of ether oxygens (including phenoxy) is 1. The van der Waals surface area contributed by atoms with Crippen molar-refractivity contribution in [1.29, 1.82) is 0 Å². The van der Waals surface area contributed by atoms with Crippen LogP contribution in [0.5, 0.6) is 5.88 Å². The molecule has 0 unspecified atom stereocenters. The van der Waals surface area contributed by atoms with Crippen LogP contribution in [0.4, 0.5) is 23.4 Å². The quantitative estimate of drug-likeness (QED) is 0.434. The summed E-state index contributed by atoms with van der Waals surface area (Å²) in [6.45, 7) is 4.27. The van der Waals surface area contributed by atoms with Gasteiger partial charge < -0.3 is 15.4 Å². The number of hydrogen-bond donors (Lipinski definition) is 1. The van der Waals surface area contributed by atoms with Crippen molar-refractivity contribution in [2.24, 2.45) is 5.92 Å². The van der Waals surface area contributed by atoms with Crippen LogP contribution >= 0.6 is 0 Å². The first-order chi connectivity index (χ1) is 18.0. The molecule has 0 radical (unpaired) electrons. The summed E-state index contributed by atoms with van der Waals surface area (Å²) in [4.78, 5) is 31.0. The van der Waals surface area contributed by atoms with Crippen LogP contribution < -0.4 is 10.5 Å². The minimum atomic E-state index is -4.96. The Kier molecular flexibility index (Phi) is 8.08. The monoisotopic (exact) mass is 532 g/mol. The lowest BCUT2D eigenvalue weighted by atomic mass is 9.89. The fraction of sp³-hybridized carbons (Fsp3) is 0.423. The number of rotatable bonds is 7. The Balaban J connectivity index is 1.35. The highest BCUT2D eigenvalue weighted by atomic mass is 19.4. The number of alkyl halides is 3. The third-order valence-electron chi connectivity index (χ3n) is 6.80. The van der Waals surface area contributed by atoms with Gasteiger partial charge in [-0.15, -0.1) is 13.2 Å². The molecule has 1 aliphatic heterocycles. The summed E-state index contributed by atoms with van der Waals surface area (Å²) in [5.41, 5.74) is 8.48. The van der Waals surface area contributed by atoms with Gasteiger partial charge >= 0.3 is 6.36 Å². The summed E-state index contributed by atoms with van der Waals surface area (Å²) in [7, 11) is 0. The van der Waals surface area contributed by atoms with Gasteiger partial charge in [0.05, 0.1) is 17.8 Å². The smallest absolute Gasteiger partial charge is 0.388 e. The second-order valence-corrected chi connectivity index (χ2v) is 9.36. The van der Waals surface area contributed by atoms with Gasteiger partial charge in [0.15, 0.2) is 5.82 Å². The SMILES string of the molecule is Cc1nc(N)c(CCC2CCN(C(=O)[C@H](C)c3cc(OC(F)(F)F)ncc3F)CC2)cc1-c1ncccn1. The Hall–Kier alpha value is -3.83. The first-order valence-electron chi connectivity index (χ1n) is 12.2. The standard InChI is InChI=1S/C26H28F4N6O2/c1-15(19-13-22(34-14-21(19)27)38-26(28,29)30)25(37)36-10-6-17(7-11-36)4-5-18-12-20(16(2)35-23(18)31)24-32-8-3-9-33-24/h3,8-9,12-15,17H,4-7,10-11H2,1-2H3,(H2,31,35)/t15-/m1/s1. The average Bonchev–Trinajstić information content (AvgIpc) is 2.88. The van der Waals surface area contributed by atoms with Crippen molar-refractivity contribution in [2.45, 2.75) is 51.8 Å². The topological polar surface area (TPSA) is 107 Å². The lowest BCUT2D eigenvalue weighted by Gasteiger charge is -2.34. The van der Waals surface area contributed by atoms with E-state index in [1.54, 1.807) is 23.4 Å². The number of nitrogens with two attached hydrogens (primary N) is 1. The zero-order valence-corrected chi connectivity index (χ0v) is 21.0. The molecule has 0 saturated carbocycles. The van der Waals surface area contributed by atoms with Gasteiger partial charge in [-0.3, -0.25) is 4.79 Å². The van der Waals surface area contributed by atoms with Crippen molar-refractivity contribution >= 4 is 11.7 Å². The van der Waals surface area contributed by atoms with Gasteiger partial charge in [-0.2, -0.15) is 0 Å². The molecule has 1 aliphatic rings. The van der Waals surface area contributed by atoms with Crippen LogP contribution in [0, 0.1) is 18.7 Å². The van der Waals surface area contributed by atoms with Gasteiger partial charge in [0.2, 0.25) is 11.8 Å². The number of pyridine rings is 2. The number of carbonyl (C=O) groups is 1. The normalized spacial score (nSPS) is 15.4. The minimum Gasteiger partial charge on any atom is -0.388 e. The summed E-state index contributed by atoms with van der Waals surface area (Å²) in [5, 5.41) is 0. The number of hydrogen-bond acceptors (Lipinski definition) is 7. The Labute approximate surface area is 217 Å². The predicted molar refractivity (Wildman–Crippen MR) is 131 cm³/mol. The molecule has 0 aliphatic carbocycles. The van der Waals surface area contributed by atoms with Gasteiger partial charge in [0.1, 0.15) is 11.6 Å². The molecular weight excluding hydrogens is 504 g/mol. The number of aromatic nitrogens is 4. The molecule has 0 aromatic carbocycles. The highest BCUT2D eigenvalue weighted by Crippen LogP contribution is 2.31. The fourth-order valence-corrected chi connectivity index (χ4v) is 4.68. The summed E-state index contributed by atoms with van der Waals surface area (Å²) in [6, 6.07) is 4.55. The second-order valence-electron chi connectivity index (χ2n) is 9.36. The summed E-state index contributed by atoms with van der Waals surface area (Å²) in [5.74, 6) is -1.61. The Morgan fingerprint density at radius 2 is 1.87 bits per heavy atom. The fourth-order valence-electron chi connectivity index (χ4n) is 4.68. The average molecular weight is 533 g/mol. The first-order valence-corrected chi connectivity index (χ1v) is 12.2. The van der Waals surface area contributed by atoms with Crippen LogP contribution in [0.3, 0.4) is 0 Å². The molecule has 3 aromatic heterocycles. The molecule has 1 saturated heterocycles. The number of aryl methyl sites for hydroxylation is 2. The van der Waals surface area contributed by atoms with E-state index in [4.69, 9.17) is 5.73 Å². The molecule has 3 aromatic rings. The molecule has 1 atom stereocenters. The van der Waals surface area contributed by atoms with E-state index in [1.807, 2.05) is 13.0 Å². The highest BCUT2D eigenvalue weighted by molar-refractivity contribution is 5.83. The molecule has 0 spiro atoms. The van der Waals surface area contributed by atoms with Crippen molar-refractivity contribution in [2.75, 3.05) is 18.8 Å². The van der Waals surface area contributed by atoms with Gasteiger partial charge in [-0.1, -0.05) is 0 Å². The van der Waals surface area contributed by atoms with Crippen molar-refractivity contribution in [3.63, 3.8) is 0 Å². The third kappa shape index (κ3) is 6.53. The molecule has 4 heterocycles. The first kappa shape index (κ1) is 27.2. The van der Waals surface area contributed by atoms with E-state index in [-0.39, 0.29) is 11.5 Å². The maximum absolute atomic E-state index is 14.3. The number of nitrogen functional groups attached to an aromatic ring is 1. The second kappa shape index (κ2) is 11.3. The predicted octanol–water partition coefficient (Wildman–Crippen LogP) is 4.84. The zero-order valence-electron chi connectivity index (χ0n) is 21.0. The number of amides is 1. The third-order valence-corrected chi connectivity index (χ3v) is 6.80. The molecule has 0 bridgehead atoms. The van der Waals surface area contributed by atoms with Gasteiger partial charge in [-0.25, -0.2) is 24.3 Å². The van der Waals surface area contributed by atoms with Crippen LogP contribution in [0.25, 0.3) is 11.4 Å². The van der Waals surface area contributed by atoms with Gasteiger partial charge in [0, 0.05) is 42.7 Å². The van der Waals surface area contributed by atoms with E-state index in [2.05, 4.69) is 24.7 Å². The number of anilines is 1. The van der Waals surface area contributed by atoms with E-state index in [0.717, 1.165) is 42.1 Å². The molecule has 1 amide bonds. The lowest BCUT2D eigenvalue weighted by molar-refractivity contribution is -0.276. The van der Waals surface area contributed by atoms with Crippen molar-refractivity contribution in [3.05, 3.63) is 59.4 Å². The van der Waals surface area contributed by atoms with Crippen LogP contribution in [-0.4, -0.2) is 50.2 Å². The van der Waals surface area contributed by atoms with Crippen LogP contribution in [0.15, 0.2) is 36.8 Å². The van der Waals surface area contributed by atoms with Crippen LogP contribution in [0.2, 0.25) is 0 Å². The Morgan fingerprint density at radius 3 is 2.53 bits per heavy atom. The van der Waals surface area contributed by atoms with Crippen LogP contribution in [0.1, 0.15) is 48.9 Å². The highest BCUT2D eigenvalue weighted by Gasteiger charge is 2.33. The summed E-state index contributed by atoms with van der Waals surface area (Å²) in [6.07, 6.45) is 2.05. The minimum absolute atomic E-state index is 0.188. The number of carbonyl (C=O) groups excluding carboxylic acids is 1. The summed E-state index contributed by atoms with van der Waals surface area (Å²) < 4.78 is 55.6. The molecule has 12 heteroatoms. The van der Waals surface area contributed by atoms with E-state index >= 15 is 0 Å². The number of halogens is 4. The molecule has 4 rings (SSSR count). The Morgan fingerprint density at radius 1 is 1.18 bits per heavy atom. The van der Waals surface area contributed by atoms with E-state index in [9.17, 15) is 22.4 Å². The molecule has 202 valence electrons. The zero-order chi connectivity index (χ0) is 27.4. The number of piperidine rings is 1. The van der Waals surface area contributed by atoms with Crippen molar-refractivity contribution in [1.82, 2.24) is 24.8 Å². The van der Waals surface area contributed by atoms with Gasteiger partial charge in [0.25, 0.3) is 0 Å². The van der Waals surface area contributed by atoms with Gasteiger partial charge in [-0.05, 0) is 63.1 Å². The van der Waals surface area contributed by atoms with Crippen molar-refractivity contribution < 1.29 is 27.1 Å². The van der Waals surface area contributed by atoms with E-state index in [1.165, 1.54) is 6.92 Å².